The van der Waals surface area contributed by atoms with Crippen molar-refractivity contribution in [1.82, 2.24) is 9.55 Å². The summed E-state index contributed by atoms with van der Waals surface area (Å²) in [5.41, 5.74) is 0.433. The minimum absolute atomic E-state index is 0.181. The van der Waals surface area contributed by atoms with Gasteiger partial charge in [-0.15, -0.1) is 0 Å². The van der Waals surface area contributed by atoms with Crippen LogP contribution in [0.4, 0.5) is 4.39 Å². The molecule has 0 spiro atoms. The van der Waals surface area contributed by atoms with Crippen LogP contribution in [0.3, 0.4) is 0 Å². The number of aryl methyl sites for hydroxylation is 1. The van der Waals surface area contributed by atoms with Gasteiger partial charge in [0.05, 0.1) is 35.9 Å². The topological polar surface area (TPSA) is 74.6 Å². The number of allylic oxidation sites excluding steroid dienone is 3. The molecule has 1 aliphatic carbocycles. The third kappa shape index (κ3) is 4.56. The zero-order valence-electron chi connectivity index (χ0n) is 18.2. The first-order valence-electron chi connectivity index (χ1n) is 10.4. The van der Waals surface area contributed by atoms with Crippen molar-refractivity contribution in [3.05, 3.63) is 106 Å². The van der Waals surface area contributed by atoms with Crippen LogP contribution in [0.5, 0.6) is 0 Å². The first-order chi connectivity index (χ1) is 16.3. The lowest BCUT2D eigenvalue weighted by Crippen LogP contribution is -2.31. The van der Waals surface area contributed by atoms with Gasteiger partial charge in [0.25, 0.3) is 0 Å². The Hall–Kier alpha value is -3.58. The van der Waals surface area contributed by atoms with E-state index in [-0.39, 0.29) is 13.0 Å². The maximum Gasteiger partial charge on any atom is 0.210 e. The van der Waals surface area contributed by atoms with Crippen molar-refractivity contribution in [2.24, 2.45) is 7.05 Å². The van der Waals surface area contributed by atoms with E-state index in [2.05, 4.69) is 11.1 Å². The van der Waals surface area contributed by atoms with E-state index < -0.39 is 10.5 Å². The van der Waals surface area contributed by atoms with Crippen molar-refractivity contribution in [1.29, 1.82) is 10.5 Å². The van der Waals surface area contributed by atoms with E-state index in [9.17, 15) is 5.26 Å². The predicted octanol–water partition coefficient (Wildman–Crippen LogP) is 6.05. The monoisotopic (exact) mass is 492 g/mol. The summed E-state index contributed by atoms with van der Waals surface area (Å²) in [5, 5.41) is 19.2. The van der Waals surface area contributed by atoms with E-state index >= 15 is 4.39 Å². The molecule has 34 heavy (non-hydrogen) atoms. The third-order valence-electron chi connectivity index (χ3n) is 5.73. The van der Waals surface area contributed by atoms with E-state index in [1.54, 1.807) is 72.3 Å². The number of hydrogen-bond donors (Lipinski definition) is 0. The molecule has 5 nitrogen and oxygen atoms in total. The van der Waals surface area contributed by atoms with Crippen LogP contribution in [-0.2, 0) is 17.5 Å². The summed E-state index contributed by atoms with van der Waals surface area (Å²) >= 11 is 12.5. The van der Waals surface area contributed by atoms with Crippen LogP contribution in [0.15, 0.2) is 79.0 Å². The van der Waals surface area contributed by atoms with Crippen LogP contribution in [0.2, 0.25) is 5.02 Å². The second-order valence-electron chi connectivity index (χ2n) is 8.00. The Morgan fingerprint density at radius 2 is 1.88 bits per heavy atom. The summed E-state index contributed by atoms with van der Waals surface area (Å²) in [7, 11) is 1.70. The molecule has 8 heteroatoms. The largest absolute Gasteiger partial charge is 0.489 e. The minimum atomic E-state index is -2.06. The molecule has 0 saturated carbocycles. The van der Waals surface area contributed by atoms with Crippen LogP contribution in [0, 0.1) is 22.7 Å². The summed E-state index contributed by atoms with van der Waals surface area (Å²) in [4.78, 5) is 2.83. The zero-order chi connectivity index (χ0) is 24.3. The van der Waals surface area contributed by atoms with Gasteiger partial charge in [-0.2, -0.15) is 10.5 Å². The van der Waals surface area contributed by atoms with Crippen molar-refractivity contribution in [2.75, 3.05) is 6.61 Å². The molecule has 2 atom stereocenters. The van der Waals surface area contributed by atoms with Crippen molar-refractivity contribution < 1.29 is 9.13 Å². The van der Waals surface area contributed by atoms with Gasteiger partial charge in [0.2, 0.25) is 5.67 Å². The summed E-state index contributed by atoms with van der Waals surface area (Å²) in [6.45, 7) is -0.364. The van der Waals surface area contributed by atoms with Gasteiger partial charge < -0.3 is 9.30 Å². The molecule has 2 unspecified atom stereocenters. The van der Waals surface area contributed by atoms with Gasteiger partial charge in [0, 0.05) is 24.1 Å². The Morgan fingerprint density at radius 3 is 2.47 bits per heavy atom. The standard InChI is InChI=1S/C26H19Cl2FN4O/c1-33-17-32-14-24(33)26(29,20-6-2-18(13-30)3-7-20)16-34-23-10-11-25(28,15-31)12-22(23)19-4-8-21(27)9-5-19/h2-11,14,17H,12,16H2,1H3. The van der Waals surface area contributed by atoms with Gasteiger partial charge in [-0.05, 0) is 47.5 Å². The van der Waals surface area contributed by atoms with Gasteiger partial charge in [0.15, 0.2) is 4.87 Å². The quantitative estimate of drug-likeness (QED) is 0.392. The number of rotatable bonds is 6. The second-order valence-corrected chi connectivity index (χ2v) is 9.11. The number of hydrogen-bond acceptors (Lipinski definition) is 4. The molecule has 0 fully saturated rings. The van der Waals surface area contributed by atoms with E-state index in [4.69, 9.17) is 33.2 Å². The molecule has 170 valence electrons. The second kappa shape index (κ2) is 9.35. The number of ether oxygens (including phenoxy) is 1. The molecule has 1 aromatic heterocycles. The fourth-order valence-electron chi connectivity index (χ4n) is 3.85. The van der Waals surface area contributed by atoms with Gasteiger partial charge in [-0.25, -0.2) is 9.37 Å². The van der Waals surface area contributed by atoms with E-state index in [0.717, 1.165) is 5.56 Å². The molecular weight excluding hydrogens is 474 g/mol. The molecule has 0 amide bonds. The Morgan fingerprint density at radius 1 is 1.18 bits per heavy atom. The molecule has 0 saturated heterocycles. The molecule has 0 N–H and O–H groups in total. The van der Waals surface area contributed by atoms with Gasteiger partial charge >= 0.3 is 0 Å². The van der Waals surface area contributed by atoms with Gasteiger partial charge in [-0.1, -0.05) is 47.5 Å². The van der Waals surface area contributed by atoms with Crippen molar-refractivity contribution >= 4 is 28.8 Å². The number of aromatic nitrogens is 2. The average molecular weight is 493 g/mol. The summed E-state index contributed by atoms with van der Waals surface area (Å²) in [5.74, 6) is 0.409. The van der Waals surface area contributed by atoms with Crippen LogP contribution >= 0.6 is 23.2 Å². The number of halogens is 3. The van der Waals surface area contributed by atoms with E-state index in [1.807, 2.05) is 6.07 Å². The number of nitriles is 2. The highest BCUT2D eigenvalue weighted by Gasteiger charge is 2.39. The number of nitrogens with zero attached hydrogens (tertiary/aromatic N) is 4. The highest BCUT2D eigenvalue weighted by atomic mass is 35.5. The Balaban J connectivity index is 1.74. The zero-order valence-corrected chi connectivity index (χ0v) is 19.7. The molecule has 1 aliphatic rings. The summed E-state index contributed by atoms with van der Waals surface area (Å²) in [6, 6.07) is 17.5. The first-order valence-corrected chi connectivity index (χ1v) is 11.1. The predicted molar refractivity (Wildman–Crippen MR) is 129 cm³/mol. The Bertz CT molecular complexity index is 1350. The van der Waals surface area contributed by atoms with E-state index in [1.165, 1.54) is 12.5 Å². The highest BCUT2D eigenvalue weighted by molar-refractivity contribution is 6.30. The third-order valence-corrected chi connectivity index (χ3v) is 6.33. The number of benzene rings is 2. The smallest absolute Gasteiger partial charge is 0.210 e. The van der Waals surface area contributed by atoms with Gasteiger partial charge in [0.1, 0.15) is 12.4 Å². The Kier molecular flexibility index (Phi) is 6.48. The fraction of sp³-hybridized carbons (Fsp3) is 0.192. The molecule has 4 rings (SSSR count). The number of alkyl halides is 2. The summed E-state index contributed by atoms with van der Waals surface area (Å²) < 4.78 is 24.4. The van der Waals surface area contributed by atoms with Crippen LogP contribution < -0.4 is 0 Å². The normalized spacial score (nSPS) is 19.2. The lowest BCUT2D eigenvalue weighted by atomic mass is 9.88. The Labute approximate surface area is 206 Å². The van der Waals surface area contributed by atoms with Gasteiger partial charge in [-0.3, -0.25) is 0 Å². The fourth-order valence-corrected chi connectivity index (χ4v) is 4.17. The van der Waals surface area contributed by atoms with Crippen LogP contribution in [-0.4, -0.2) is 21.0 Å². The lowest BCUT2D eigenvalue weighted by Gasteiger charge is -2.29. The van der Waals surface area contributed by atoms with E-state index in [0.29, 0.717) is 33.2 Å². The first kappa shape index (κ1) is 23.6. The van der Waals surface area contributed by atoms with Crippen LogP contribution in [0.1, 0.15) is 28.8 Å². The van der Waals surface area contributed by atoms with Crippen molar-refractivity contribution in [3.63, 3.8) is 0 Å². The molecule has 3 aromatic rings. The molecule has 0 aliphatic heterocycles. The van der Waals surface area contributed by atoms with Crippen LogP contribution in [0.25, 0.3) is 5.57 Å². The molecule has 0 bridgehead atoms. The highest BCUT2D eigenvalue weighted by Crippen LogP contribution is 2.40. The lowest BCUT2D eigenvalue weighted by molar-refractivity contribution is 0.0763. The molecule has 0 radical (unpaired) electrons. The SMILES string of the molecule is Cn1cncc1C(F)(COC1=C(c2ccc(Cl)cc2)CC(Cl)(C#N)C=C1)c1ccc(C#N)cc1. The minimum Gasteiger partial charge on any atom is -0.489 e. The molecule has 1 heterocycles. The molecule has 2 aromatic carbocycles. The molecular formula is C26H19Cl2FN4O. The van der Waals surface area contributed by atoms with Crippen molar-refractivity contribution in [2.45, 2.75) is 17.0 Å². The average Bonchev–Trinajstić information content (AvgIpc) is 3.30. The van der Waals surface area contributed by atoms with Crippen molar-refractivity contribution in [3.8, 4) is 12.1 Å². The number of imidazole rings is 1. The summed E-state index contributed by atoms with van der Waals surface area (Å²) in [6.07, 6.45) is 6.30. The maximum atomic E-state index is 16.7. The maximum absolute atomic E-state index is 16.7.